The molecule has 0 unspecified atom stereocenters. The number of β-amino-alcohol motifs (C(OH)–C–C–N with tert-alkyl or cyclic N) is 1. The molecule has 0 radical (unpaired) electrons. The Morgan fingerprint density at radius 3 is 2.54 bits per heavy atom. The van der Waals surface area contributed by atoms with Crippen LogP contribution in [0.5, 0.6) is 5.75 Å². The van der Waals surface area contributed by atoms with E-state index in [1.807, 2.05) is 12.1 Å². The Morgan fingerprint density at radius 1 is 1.14 bits per heavy atom. The monoisotopic (exact) mass is 390 g/mol. The minimum absolute atomic E-state index is 0.288. The van der Waals surface area contributed by atoms with Gasteiger partial charge >= 0.3 is 0 Å². The van der Waals surface area contributed by atoms with Crippen LogP contribution >= 0.6 is 0 Å². The minimum Gasteiger partial charge on any atom is -0.495 e. The number of nitrogens with zero attached hydrogens (tertiary/aromatic N) is 2. The number of methoxy groups -OCH3 is 1. The predicted octanol–water partition coefficient (Wildman–Crippen LogP) is 3.41. The highest BCUT2D eigenvalue weighted by Crippen LogP contribution is 2.39. The first kappa shape index (κ1) is 21.4. The van der Waals surface area contributed by atoms with E-state index in [1.54, 1.807) is 7.11 Å². The van der Waals surface area contributed by atoms with E-state index in [0.717, 1.165) is 50.5 Å². The molecule has 0 spiro atoms. The normalized spacial score (nSPS) is 26.8. The smallest absolute Gasteiger partial charge is 0.142 e. The van der Waals surface area contributed by atoms with Gasteiger partial charge in [0, 0.05) is 32.7 Å². The van der Waals surface area contributed by atoms with Crippen molar-refractivity contribution in [1.29, 1.82) is 0 Å². The van der Waals surface area contributed by atoms with Crippen LogP contribution in [-0.4, -0.2) is 68.7 Å². The molecule has 1 heterocycles. The van der Waals surface area contributed by atoms with Crippen LogP contribution in [0.2, 0.25) is 0 Å². The summed E-state index contributed by atoms with van der Waals surface area (Å²) in [6, 6.07) is 8.18. The Bertz CT molecular complexity index is 614. The van der Waals surface area contributed by atoms with Gasteiger partial charge in [-0.1, -0.05) is 32.9 Å². The quantitative estimate of drug-likeness (QED) is 0.773. The second kappa shape index (κ2) is 9.47. The summed E-state index contributed by atoms with van der Waals surface area (Å²) in [7, 11) is 1.72. The van der Waals surface area contributed by atoms with E-state index in [0.29, 0.717) is 24.5 Å². The van der Waals surface area contributed by atoms with Crippen LogP contribution in [0, 0.1) is 11.3 Å². The molecule has 1 saturated carbocycles. The fraction of sp³-hybridized carbons (Fsp3) is 0.739. The maximum atomic E-state index is 10.5. The van der Waals surface area contributed by atoms with Crippen molar-refractivity contribution in [3.05, 3.63) is 24.3 Å². The summed E-state index contributed by atoms with van der Waals surface area (Å²) < 4.78 is 11.6. The number of hydrogen-bond donors (Lipinski definition) is 1. The lowest BCUT2D eigenvalue weighted by Gasteiger charge is -2.39. The van der Waals surface area contributed by atoms with E-state index in [2.05, 4.69) is 42.7 Å². The molecule has 2 fully saturated rings. The van der Waals surface area contributed by atoms with Crippen molar-refractivity contribution >= 4 is 5.69 Å². The Kier molecular flexibility index (Phi) is 7.24. The van der Waals surface area contributed by atoms with Gasteiger partial charge in [0.2, 0.25) is 0 Å². The zero-order chi connectivity index (χ0) is 20.1. The molecule has 1 aromatic carbocycles. The molecule has 0 bridgehead atoms. The third-order valence-electron chi connectivity index (χ3n) is 6.14. The number of hydrogen-bond acceptors (Lipinski definition) is 5. The van der Waals surface area contributed by atoms with Gasteiger partial charge < -0.3 is 19.5 Å². The molecule has 1 saturated heterocycles. The molecule has 1 aliphatic heterocycles. The summed E-state index contributed by atoms with van der Waals surface area (Å²) in [5, 5.41) is 10.5. The SMILES string of the molecule is COc1ccccc1N1CCN(C[C@H](O)CO[C@@H]2C[C@@H](C)CC(C)(C)C2)CC1. The molecule has 1 aromatic rings. The van der Waals surface area contributed by atoms with Crippen molar-refractivity contribution in [3.8, 4) is 5.75 Å². The Hall–Kier alpha value is -1.30. The molecule has 1 N–H and O–H groups in total. The number of aliphatic hydroxyl groups excluding tert-OH is 1. The van der Waals surface area contributed by atoms with E-state index in [4.69, 9.17) is 9.47 Å². The third-order valence-corrected chi connectivity index (χ3v) is 6.14. The van der Waals surface area contributed by atoms with Crippen LogP contribution in [0.15, 0.2) is 24.3 Å². The van der Waals surface area contributed by atoms with Gasteiger partial charge in [0.05, 0.1) is 31.6 Å². The Morgan fingerprint density at radius 2 is 1.86 bits per heavy atom. The standard InChI is InChI=1S/C23H38N2O3/c1-18-13-20(15-23(2,3)14-18)28-17-19(26)16-24-9-11-25(12-10-24)21-7-5-6-8-22(21)27-4/h5-8,18-20,26H,9-17H2,1-4H3/t18-,19+,20-/m1/s1. The van der Waals surface area contributed by atoms with Crippen LogP contribution < -0.4 is 9.64 Å². The second-order valence-electron chi connectivity index (χ2n) is 9.48. The molecule has 5 heteroatoms. The summed E-state index contributed by atoms with van der Waals surface area (Å²) in [5.74, 6) is 1.63. The van der Waals surface area contributed by atoms with Crippen LogP contribution in [0.3, 0.4) is 0 Å². The molecule has 3 atom stereocenters. The van der Waals surface area contributed by atoms with Crippen LogP contribution in [-0.2, 0) is 4.74 Å². The van der Waals surface area contributed by atoms with E-state index in [1.165, 1.54) is 6.42 Å². The van der Waals surface area contributed by atoms with Crippen LogP contribution in [0.4, 0.5) is 5.69 Å². The molecule has 5 nitrogen and oxygen atoms in total. The van der Waals surface area contributed by atoms with Gasteiger partial charge in [-0.05, 0) is 42.7 Å². The van der Waals surface area contributed by atoms with E-state index in [-0.39, 0.29) is 6.10 Å². The topological polar surface area (TPSA) is 45.2 Å². The van der Waals surface area contributed by atoms with Crippen molar-refractivity contribution in [2.24, 2.45) is 11.3 Å². The highest BCUT2D eigenvalue weighted by Gasteiger charge is 2.33. The van der Waals surface area contributed by atoms with Gasteiger partial charge in [-0.15, -0.1) is 0 Å². The lowest BCUT2D eigenvalue weighted by Crippen LogP contribution is -2.49. The predicted molar refractivity (Wildman–Crippen MR) is 114 cm³/mol. The lowest BCUT2D eigenvalue weighted by atomic mass is 9.71. The molecule has 28 heavy (non-hydrogen) atoms. The van der Waals surface area contributed by atoms with Crippen molar-refractivity contribution in [1.82, 2.24) is 4.90 Å². The van der Waals surface area contributed by atoms with Gasteiger partial charge in [0.25, 0.3) is 0 Å². The van der Waals surface area contributed by atoms with E-state index < -0.39 is 6.10 Å². The maximum Gasteiger partial charge on any atom is 0.142 e. The number of para-hydroxylation sites is 2. The van der Waals surface area contributed by atoms with Crippen LogP contribution in [0.25, 0.3) is 0 Å². The zero-order valence-corrected chi connectivity index (χ0v) is 18.1. The third kappa shape index (κ3) is 5.85. The Labute approximate surface area is 170 Å². The number of anilines is 1. The van der Waals surface area contributed by atoms with Gasteiger partial charge in [-0.25, -0.2) is 0 Å². The number of ether oxygens (including phenoxy) is 2. The molecule has 158 valence electrons. The first-order valence-electron chi connectivity index (χ1n) is 10.8. The minimum atomic E-state index is -0.418. The van der Waals surface area contributed by atoms with Crippen molar-refractivity contribution in [2.45, 2.75) is 52.2 Å². The van der Waals surface area contributed by atoms with Gasteiger partial charge in [-0.3, -0.25) is 4.90 Å². The maximum absolute atomic E-state index is 10.5. The first-order chi connectivity index (χ1) is 13.4. The Balaban J connectivity index is 1.41. The summed E-state index contributed by atoms with van der Waals surface area (Å²) in [5.41, 5.74) is 1.50. The molecule has 3 rings (SSSR count). The zero-order valence-electron chi connectivity index (χ0n) is 18.1. The van der Waals surface area contributed by atoms with Gasteiger partial charge in [0.1, 0.15) is 5.75 Å². The summed E-state index contributed by atoms with van der Waals surface area (Å²) in [6.07, 6.45) is 3.36. The highest BCUT2D eigenvalue weighted by atomic mass is 16.5. The average molecular weight is 391 g/mol. The fourth-order valence-electron chi connectivity index (χ4n) is 5.05. The van der Waals surface area contributed by atoms with E-state index in [9.17, 15) is 5.11 Å². The number of rotatable bonds is 7. The number of benzene rings is 1. The van der Waals surface area contributed by atoms with Crippen LogP contribution in [0.1, 0.15) is 40.0 Å². The number of aliphatic hydroxyl groups is 1. The molecule has 0 aromatic heterocycles. The number of piperazine rings is 1. The van der Waals surface area contributed by atoms with Crippen molar-refractivity contribution < 1.29 is 14.6 Å². The second-order valence-corrected chi connectivity index (χ2v) is 9.48. The molecular weight excluding hydrogens is 352 g/mol. The summed E-state index contributed by atoms with van der Waals surface area (Å²) in [4.78, 5) is 4.71. The largest absolute Gasteiger partial charge is 0.495 e. The van der Waals surface area contributed by atoms with E-state index >= 15 is 0 Å². The fourth-order valence-corrected chi connectivity index (χ4v) is 5.05. The molecule has 1 aliphatic carbocycles. The van der Waals surface area contributed by atoms with Gasteiger partial charge in [-0.2, -0.15) is 0 Å². The molecular formula is C23H38N2O3. The molecule has 2 aliphatic rings. The summed E-state index contributed by atoms with van der Waals surface area (Å²) >= 11 is 0. The average Bonchev–Trinajstić information content (AvgIpc) is 2.65. The van der Waals surface area contributed by atoms with Crippen molar-refractivity contribution in [3.63, 3.8) is 0 Å². The van der Waals surface area contributed by atoms with Gasteiger partial charge in [0.15, 0.2) is 0 Å². The lowest BCUT2D eigenvalue weighted by molar-refractivity contribution is -0.0615. The van der Waals surface area contributed by atoms with Crippen molar-refractivity contribution in [2.75, 3.05) is 51.3 Å². The highest BCUT2D eigenvalue weighted by molar-refractivity contribution is 5.58. The first-order valence-corrected chi connectivity index (χ1v) is 10.8. The molecule has 0 amide bonds. The summed E-state index contributed by atoms with van der Waals surface area (Å²) in [6.45, 7) is 11.9.